The van der Waals surface area contributed by atoms with Crippen LogP contribution in [0.1, 0.15) is 45.4 Å². The summed E-state index contributed by atoms with van der Waals surface area (Å²) in [4.78, 5) is 31.5. The molecule has 13 heteroatoms. The molecule has 6 heterocycles. The molecule has 0 aromatic carbocycles. The second-order valence-electron chi connectivity index (χ2n) is 11.7. The quantitative estimate of drug-likeness (QED) is 0.340. The molecule has 0 amide bonds. The fourth-order valence-corrected chi connectivity index (χ4v) is 6.82. The van der Waals surface area contributed by atoms with E-state index in [1.165, 1.54) is 25.7 Å². The second kappa shape index (κ2) is 10.6. The highest BCUT2D eigenvalue weighted by Gasteiger charge is 2.38. The number of nitrogens with zero attached hydrogens (tertiary/aromatic N) is 9. The van der Waals surface area contributed by atoms with E-state index < -0.39 is 5.76 Å². The molecule has 2 aliphatic heterocycles. The third kappa shape index (κ3) is 4.98. The Hall–Kier alpha value is -3.80. The van der Waals surface area contributed by atoms with Crippen molar-refractivity contribution >= 4 is 28.6 Å². The van der Waals surface area contributed by atoms with Crippen molar-refractivity contribution in [1.82, 2.24) is 34.7 Å². The van der Waals surface area contributed by atoms with Crippen LogP contribution >= 0.6 is 11.6 Å². The molecule has 2 fully saturated rings. The van der Waals surface area contributed by atoms with Gasteiger partial charge in [0.15, 0.2) is 0 Å². The van der Waals surface area contributed by atoms with Crippen LogP contribution in [0.2, 0.25) is 5.02 Å². The standard InChI is InChI=1S/C28H33ClN10O2/c1-16-5-7-17(8-6-16)14-39-25-20(32-27(39)38-9-3-4-23(38)22-15-37(2)36-34-22)11-21(26-33-28(40)41-35-26)31-24(25)18-10-19(29)13-30-12-18/h10-13,16-17,22-23H,3-9,14-15H2,1-2H3,(H,33,35,40). The first-order chi connectivity index (χ1) is 19.9. The normalized spacial score (nSPS) is 24.7. The van der Waals surface area contributed by atoms with E-state index in [-0.39, 0.29) is 17.9 Å². The fourth-order valence-electron chi connectivity index (χ4n) is 6.65. The molecule has 0 spiro atoms. The Balaban J connectivity index is 1.42. The summed E-state index contributed by atoms with van der Waals surface area (Å²) in [5.74, 6) is 1.84. The Morgan fingerprint density at radius 1 is 1.12 bits per heavy atom. The minimum Gasteiger partial charge on any atom is -0.337 e. The summed E-state index contributed by atoms with van der Waals surface area (Å²) in [6.07, 6.45) is 10.3. The maximum absolute atomic E-state index is 11.8. The number of aromatic nitrogens is 6. The van der Waals surface area contributed by atoms with Gasteiger partial charge in [0, 0.05) is 38.1 Å². The number of halogens is 1. The third-order valence-electron chi connectivity index (χ3n) is 8.75. The van der Waals surface area contributed by atoms with Crippen molar-refractivity contribution in [3.05, 3.63) is 40.1 Å². The molecule has 7 rings (SSSR count). The number of likely N-dealkylation sites (N-methyl/N-ethyl adjacent to an activating group) is 1. The Labute approximate surface area is 241 Å². The number of hydrogen-bond acceptors (Lipinski definition) is 10. The maximum atomic E-state index is 11.8. The molecule has 4 aromatic heterocycles. The molecule has 12 nitrogen and oxygen atoms in total. The van der Waals surface area contributed by atoms with Gasteiger partial charge in [-0.1, -0.05) is 41.7 Å². The van der Waals surface area contributed by atoms with E-state index in [4.69, 9.17) is 26.1 Å². The van der Waals surface area contributed by atoms with Gasteiger partial charge in [-0.2, -0.15) is 5.11 Å². The van der Waals surface area contributed by atoms with Crippen LogP contribution in [0.5, 0.6) is 0 Å². The third-order valence-corrected chi connectivity index (χ3v) is 8.95. The first kappa shape index (κ1) is 26.1. The van der Waals surface area contributed by atoms with Crippen LogP contribution in [-0.4, -0.2) is 66.9 Å². The SMILES string of the molecule is CC1CCC(Cn2c(N3CCCC3C3CN(C)N=N3)nc3cc(-c4noc(=O)[nH]4)nc(-c4cncc(Cl)c4)c32)CC1. The molecule has 0 bridgehead atoms. The van der Waals surface area contributed by atoms with Crippen molar-refractivity contribution in [1.29, 1.82) is 0 Å². The Bertz CT molecular complexity index is 1650. The van der Waals surface area contributed by atoms with Crippen LogP contribution in [0.25, 0.3) is 33.8 Å². The average Bonchev–Trinajstić information content (AvgIpc) is 3.76. The number of imidazole rings is 1. The lowest BCUT2D eigenvalue weighted by Crippen LogP contribution is -2.42. The van der Waals surface area contributed by atoms with Gasteiger partial charge < -0.3 is 9.47 Å². The maximum Gasteiger partial charge on any atom is 0.439 e. The topological polar surface area (TPSA) is 134 Å². The Kier molecular flexibility index (Phi) is 6.72. The van der Waals surface area contributed by atoms with Gasteiger partial charge in [-0.15, -0.1) is 0 Å². The zero-order valence-corrected chi connectivity index (χ0v) is 24.0. The zero-order valence-electron chi connectivity index (χ0n) is 23.2. The summed E-state index contributed by atoms with van der Waals surface area (Å²) >= 11 is 6.41. The van der Waals surface area contributed by atoms with Crippen molar-refractivity contribution in [2.24, 2.45) is 22.2 Å². The van der Waals surface area contributed by atoms with Crippen LogP contribution in [0.4, 0.5) is 5.95 Å². The lowest BCUT2D eigenvalue weighted by atomic mass is 9.83. The molecule has 2 atom stereocenters. The van der Waals surface area contributed by atoms with Gasteiger partial charge in [-0.3, -0.25) is 19.5 Å². The van der Waals surface area contributed by atoms with E-state index in [9.17, 15) is 4.79 Å². The summed E-state index contributed by atoms with van der Waals surface area (Å²) in [5, 5.41) is 15.2. The number of H-pyrrole nitrogens is 1. The first-order valence-corrected chi connectivity index (χ1v) is 14.8. The van der Waals surface area contributed by atoms with E-state index in [1.807, 2.05) is 24.2 Å². The van der Waals surface area contributed by atoms with Crippen LogP contribution in [0, 0.1) is 11.8 Å². The number of anilines is 1. The minimum absolute atomic E-state index is 0.0942. The lowest BCUT2D eigenvalue weighted by Gasteiger charge is -2.31. The van der Waals surface area contributed by atoms with Gasteiger partial charge >= 0.3 is 5.76 Å². The molecule has 41 heavy (non-hydrogen) atoms. The van der Waals surface area contributed by atoms with Crippen LogP contribution < -0.4 is 10.7 Å². The molecule has 4 aromatic rings. The molecule has 214 valence electrons. The number of pyridine rings is 2. The van der Waals surface area contributed by atoms with Crippen LogP contribution in [-0.2, 0) is 6.54 Å². The first-order valence-electron chi connectivity index (χ1n) is 14.4. The Morgan fingerprint density at radius 3 is 2.71 bits per heavy atom. The fraction of sp³-hybridized carbons (Fsp3) is 0.536. The second-order valence-corrected chi connectivity index (χ2v) is 12.2. The minimum atomic E-state index is -0.638. The molecular weight excluding hydrogens is 544 g/mol. The van der Waals surface area contributed by atoms with Crippen LogP contribution in [0.15, 0.2) is 44.2 Å². The van der Waals surface area contributed by atoms with Gasteiger partial charge in [-0.25, -0.2) is 14.8 Å². The predicted molar refractivity (Wildman–Crippen MR) is 155 cm³/mol. The molecule has 1 saturated carbocycles. The van der Waals surface area contributed by atoms with Crippen molar-refractivity contribution in [3.63, 3.8) is 0 Å². The highest BCUT2D eigenvalue weighted by atomic mass is 35.5. The van der Waals surface area contributed by atoms with Crippen molar-refractivity contribution in [2.45, 2.75) is 64.1 Å². The molecule has 1 aliphatic carbocycles. The highest BCUT2D eigenvalue weighted by Crippen LogP contribution is 2.39. The zero-order chi connectivity index (χ0) is 28.1. The molecule has 3 aliphatic rings. The van der Waals surface area contributed by atoms with Crippen molar-refractivity contribution < 1.29 is 4.52 Å². The van der Waals surface area contributed by atoms with E-state index in [0.29, 0.717) is 22.3 Å². The number of hydrogen-bond donors (Lipinski definition) is 1. The molecule has 1 saturated heterocycles. The smallest absolute Gasteiger partial charge is 0.337 e. The van der Waals surface area contributed by atoms with Gasteiger partial charge in [0.25, 0.3) is 0 Å². The largest absolute Gasteiger partial charge is 0.439 e. The number of fused-ring (bicyclic) bond motifs is 1. The highest BCUT2D eigenvalue weighted by molar-refractivity contribution is 6.30. The summed E-state index contributed by atoms with van der Waals surface area (Å²) in [6.45, 7) is 4.89. The number of rotatable bonds is 6. The van der Waals surface area contributed by atoms with Crippen LogP contribution in [0.3, 0.4) is 0 Å². The van der Waals surface area contributed by atoms with E-state index >= 15 is 0 Å². The molecule has 1 N–H and O–H groups in total. The molecule has 2 unspecified atom stereocenters. The van der Waals surface area contributed by atoms with E-state index in [2.05, 4.69) is 41.9 Å². The summed E-state index contributed by atoms with van der Waals surface area (Å²) in [7, 11) is 1.97. The van der Waals surface area contributed by atoms with E-state index in [0.717, 1.165) is 60.9 Å². The average molecular weight is 577 g/mol. The summed E-state index contributed by atoms with van der Waals surface area (Å²) in [6, 6.07) is 4.04. The van der Waals surface area contributed by atoms with E-state index in [1.54, 1.807) is 12.4 Å². The van der Waals surface area contributed by atoms with Crippen molar-refractivity contribution in [2.75, 3.05) is 25.0 Å². The summed E-state index contributed by atoms with van der Waals surface area (Å²) in [5.41, 5.74) is 3.61. The predicted octanol–water partition coefficient (Wildman–Crippen LogP) is 4.97. The molecule has 0 radical (unpaired) electrons. The van der Waals surface area contributed by atoms with Gasteiger partial charge in [0.05, 0.1) is 34.3 Å². The van der Waals surface area contributed by atoms with Gasteiger partial charge in [0.2, 0.25) is 11.8 Å². The Morgan fingerprint density at radius 2 is 1.98 bits per heavy atom. The lowest BCUT2D eigenvalue weighted by molar-refractivity contribution is 0.266. The van der Waals surface area contributed by atoms with Gasteiger partial charge in [0.1, 0.15) is 11.7 Å². The number of aromatic amines is 1. The number of nitrogens with one attached hydrogen (secondary N) is 1. The summed E-state index contributed by atoms with van der Waals surface area (Å²) < 4.78 is 7.17. The monoisotopic (exact) mass is 576 g/mol. The molecular formula is C28H33ClN10O2. The van der Waals surface area contributed by atoms with Crippen molar-refractivity contribution in [3.8, 4) is 22.8 Å². The van der Waals surface area contributed by atoms with Gasteiger partial charge in [-0.05, 0) is 49.7 Å².